The topological polar surface area (TPSA) is 35.8 Å². The summed E-state index contributed by atoms with van der Waals surface area (Å²) in [6.07, 6.45) is 8.86. The Labute approximate surface area is 80.3 Å². The number of nitrogens with one attached hydrogen (secondary N) is 1. The van der Waals surface area contributed by atoms with Crippen molar-refractivity contribution in [1.29, 1.82) is 5.26 Å². The molecule has 72 valence electrons. The molecule has 0 aliphatic heterocycles. The van der Waals surface area contributed by atoms with Gasteiger partial charge in [0.1, 0.15) is 0 Å². The number of nitriles is 1. The van der Waals surface area contributed by atoms with Crippen molar-refractivity contribution in [2.75, 3.05) is 0 Å². The molecule has 2 fully saturated rings. The van der Waals surface area contributed by atoms with Gasteiger partial charge in [-0.3, -0.25) is 0 Å². The lowest BCUT2D eigenvalue weighted by atomic mass is 9.96. The fourth-order valence-electron chi connectivity index (χ4n) is 2.21. The Morgan fingerprint density at radius 2 is 1.77 bits per heavy atom. The van der Waals surface area contributed by atoms with Gasteiger partial charge >= 0.3 is 0 Å². The van der Waals surface area contributed by atoms with Gasteiger partial charge in [0.15, 0.2) is 0 Å². The summed E-state index contributed by atoms with van der Waals surface area (Å²) < 4.78 is 0. The molecule has 0 saturated heterocycles. The highest BCUT2D eigenvalue weighted by molar-refractivity contribution is 4.96. The molecular weight excluding hydrogens is 160 g/mol. The molecule has 2 heteroatoms. The quantitative estimate of drug-likeness (QED) is 0.658. The van der Waals surface area contributed by atoms with Gasteiger partial charge in [0.25, 0.3) is 0 Å². The first-order chi connectivity index (χ1) is 6.40. The van der Waals surface area contributed by atoms with Crippen molar-refractivity contribution in [3.63, 3.8) is 0 Å². The summed E-state index contributed by atoms with van der Waals surface area (Å²) in [5.41, 5.74) is 0. The number of nitrogens with zero attached hydrogens (tertiary/aromatic N) is 1. The highest BCUT2D eigenvalue weighted by atomic mass is 15.0. The monoisotopic (exact) mass is 178 g/mol. The molecule has 2 nitrogen and oxygen atoms in total. The molecule has 0 radical (unpaired) electrons. The van der Waals surface area contributed by atoms with Crippen molar-refractivity contribution in [3.05, 3.63) is 0 Å². The number of rotatable bonds is 2. The fourth-order valence-corrected chi connectivity index (χ4v) is 2.21. The molecule has 0 heterocycles. The van der Waals surface area contributed by atoms with Gasteiger partial charge in [-0.05, 0) is 25.7 Å². The molecule has 0 amide bonds. The first-order valence-corrected chi connectivity index (χ1v) is 5.56. The lowest BCUT2D eigenvalue weighted by Crippen LogP contribution is -2.36. The Morgan fingerprint density at radius 1 is 1.00 bits per heavy atom. The lowest BCUT2D eigenvalue weighted by molar-refractivity contribution is 0.392. The zero-order chi connectivity index (χ0) is 9.10. The molecule has 2 rings (SSSR count). The highest BCUT2D eigenvalue weighted by Crippen LogP contribution is 2.27. The summed E-state index contributed by atoms with van der Waals surface area (Å²) in [7, 11) is 0. The molecule has 2 unspecified atom stereocenters. The summed E-state index contributed by atoms with van der Waals surface area (Å²) >= 11 is 0. The molecule has 0 bridgehead atoms. The van der Waals surface area contributed by atoms with Crippen LogP contribution in [0.1, 0.15) is 44.9 Å². The van der Waals surface area contributed by atoms with E-state index in [1.807, 2.05) is 0 Å². The minimum atomic E-state index is 0.281. The molecular formula is C11H18N2. The van der Waals surface area contributed by atoms with Crippen LogP contribution in [0.3, 0.4) is 0 Å². The number of hydrogen-bond donors (Lipinski definition) is 1. The van der Waals surface area contributed by atoms with Crippen LogP contribution in [0, 0.1) is 17.2 Å². The molecule has 13 heavy (non-hydrogen) atoms. The molecule has 0 aromatic rings. The first kappa shape index (κ1) is 9.02. The van der Waals surface area contributed by atoms with Gasteiger partial charge in [0.2, 0.25) is 0 Å². The molecule has 0 aromatic carbocycles. The van der Waals surface area contributed by atoms with E-state index in [-0.39, 0.29) is 5.92 Å². The SMILES string of the molecule is N#CC1CCCCCC1NC1CC1. The van der Waals surface area contributed by atoms with E-state index in [0.717, 1.165) is 12.5 Å². The minimum absolute atomic E-state index is 0.281. The maximum atomic E-state index is 9.03. The average Bonchev–Trinajstić information content (AvgIpc) is 2.93. The molecule has 0 aromatic heterocycles. The van der Waals surface area contributed by atoms with Gasteiger partial charge in [-0.2, -0.15) is 5.26 Å². The van der Waals surface area contributed by atoms with Gasteiger partial charge in [-0.1, -0.05) is 19.3 Å². The van der Waals surface area contributed by atoms with Crippen molar-refractivity contribution in [2.24, 2.45) is 5.92 Å². The second-order valence-electron chi connectivity index (χ2n) is 4.42. The van der Waals surface area contributed by atoms with Crippen LogP contribution in [-0.4, -0.2) is 12.1 Å². The van der Waals surface area contributed by atoms with Crippen LogP contribution >= 0.6 is 0 Å². The van der Waals surface area contributed by atoms with Crippen LogP contribution in [0.15, 0.2) is 0 Å². The third-order valence-corrected chi connectivity index (χ3v) is 3.21. The van der Waals surface area contributed by atoms with Gasteiger partial charge in [0, 0.05) is 12.1 Å². The summed E-state index contributed by atoms with van der Waals surface area (Å²) in [5.74, 6) is 0.281. The van der Waals surface area contributed by atoms with Gasteiger partial charge < -0.3 is 5.32 Å². The van der Waals surface area contributed by atoms with E-state index in [0.29, 0.717) is 6.04 Å². The van der Waals surface area contributed by atoms with E-state index < -0.39 is 0 Å². The van der Waals surface area contributed by atoms with Crippen LogP contribution in [-0.2, 0) is 0 Å². The summed E-state index contributed by atoms with van der Waals surface area (Å²) in [6.45, 7) is 0. The highest BCUT2D eigenvalue weighted by Gasteiger charge is 2.29. The zero-order valence-corrected chi connectivity index (χ0v) is 8.13. The summed E-state index contributed by atoms with van der Waals surface area (Å²) in [4.78, 5) is 0. The maximum absolute atomic E-state index is 9.03. The van der Waals surface area contributed by atoms with E-state index in [2.05, 4.69) is 11.4 Å². The number of hydrogen-bond acceptors (Lipinski definition) is 2. The molecule has 2 aliphatic rings. The third-order valence-electron chi connectivity index (χ3n) is 3.21. The Hall–Kier alpha value is -0.550. The molecule has 2 aliphatic carbocycles. The largest absolute Gasteiger partial charge is 0.310 e. The van der Waals surface area contributed by atoms with E-state index in [9.17, 15) is 0 Å². The van der Waals surface area contributed by atoms with Crippen LogP contribution in [0.4, 0.5) is 0 Å². The van der Waals surface area contributed by atoms with E-state index in [4.69, 9.17) is 5.26 Å². The van der Waals surface area contributed by atoms with Crippen LogP contribution in [0.5, 0.6) is 0 Å². The Balaban J connectivity index is 1.90. The lowest BCUT2D eigenvalue weighted by Gasteiger charge is -2.20. The van der Waals surface area contributed by atoms with Crippen LogP contribution in [0.25, 0.3) is 0 Å². The molecule has 2 saturated carbocycles. The zero-order valence-electron chi connectivity index (χ0n) is 8.13. The van der Waals surface area contributed by atoms with Crippen molar-refractivity contribution >= 4 is 0 Å². The van der Waals surface area contributed by atoms with Crippen molar-refractivity contribution in [3.8, 4) is 6.07 Å². The minimum Gasteiger partial charge on any atom is -0.310 e. The van der Waals surface area contributed by atoms with Gasteiger partial charge in [-0.15, -0.1) is 0 Å². The van der Waals surface area contributed by atoms with Crippen molar-refractivity contribution in [2.45, 2.75) is 57.0 Å². The Morgan fingerprint density at radius 3 is 2.46 bits per heavy atom. The van der Waals surface area contributed by atoms with Crippen molar-refractivity contribution in [1.82, 2.24) is 5.32 Å². The molecule has 0 spiro atoms. The molecule has 1 N–H and O–H groups in total. The fraction of sp³-hybridized carbons (Fsp3) is 0.909. The summed E-state index contributed by atoms with van der Waals surface area (Å²) in [5, 5.41) is 12.6. The predicted molar refractivity (Wildman–Crippen MR) is 52.1 cm³/mol. The van der Waals surface area contributed by atoms with Gasteiger partial charge in [0.05, 0.1) is 12.0 Å². The Kier molecular flexibility index (Phi) is 2.85. The van der Waals surface area contributed by atoms with Gasteiger partial charge in [-0.25, -0.2) is 0 Å². The standard InChI is InChI=1S/C11H18N2/c12-8-9-4-2-1-3-5-11(9)13-10-6-7-10/h9-11,13H,1-7H2. The van der Waals surface area contributed by atoms with E-state index in [1.165, 1.54) is 38.5 Å². The molecule has 2 atom stereocenters. The van der Waals surface area contributed by atoms with Crippen LogP contribution < -0.4 is 5.32 Å². The summed E-state index contributed by atoms with van der Waals surface area (Å²) in [6, 6.07) is 3.71. The first-order valence-electron chi connectivity index (χ1n) is 5.56. The Bertz CT molecular complexity index is 203. The van der Waals surface area contributed by atoms with E-state index in [1.54, 1.807) is 0 Å². The van der Waals surface area contributed by atoms with E-state index >= 15 is 0 Å². The maximum Gasteiger partial charge on any atom is 0.0672 e. The second-order valence-corrected chi connectivity index (χ2v) is 4.42. The predicted octanol–water partition coefficient (Wildman–Crippen LogP) is 2.21. The third kappa shape index (κ3) is 2.45. The van der Waals surface area contributed by atoms with Crippen LogP contribution in [0.2, 0.25) is 0 Å². The second kappa shape index (κ2) is 4.11. The average molecular weight is 178 g/mol. The smallest absolute Gasteiger partial charge is 0.0672 e. The normalized spacial score (nSPS) is 35.0. The van der Waals surface area contributed by atoms with Crippen molar-refractivity contribution < 1.29 is 0 Å².